The Hall–Kier alpha value is -2.57. The van der Waals surface area contributed by atoms with Crippen LogP contribution in [0.25, 0.3) is 0 Å². The van der Waals surface area contributed by atoms with Gasteiger partial charge in [-0.1, -0.05) is 29.4 Å². The number of rotatable bonds is 5. The zero-order valence-electron chi connectivity index (χ0n) is 14.0. The van der Waals surface area contributed by atoms with Gasteiger partial charge in [0.05, 0.1) is 30.1 Å². The van der Waals surface area contributed by atoms with Gasteiger partial charge in [0.1, 0.15) is 5.82 Å². The van der Waals surface area contributed by atoms with E-state index in [1.54, 1.807) is 44.2 Å². The van der Waals surface area contributed by atoms with Gasteiger partial charge in [-0.2, -0.15) is 0 Å². The van der Waals surface area contributed by atoms with Crippen LogP contribution >= 0.6 is 0 Å². The van der Waals surface area contributed by atoms with Crippen molar-refractivity contribution in [2.75, 3.05) is 13.2 Å². The quantitative estimate of drug-likeness (QED) is 0.470. The van der Waals surface area contributed by atoms with E-state index in [-0.39, 0.29) is 22.5 Å². The Labute approximate surface area is 145 Å². The minimum atomic E-state index is -0.885. The number of ketones is 1. The SMILES string of the molecule is CC(C)=NOc1ccccc1C(=O)c1cccc(F)c1C1OCCO1. The first-order chi connectivity index (χ1) is 12.1. The smallest absolute Gasteiger partial charge is 0.197 e. The van der Waals surface area contributed by atoms with Gasteiger partial charge >= 0.3 is 0 Å². The third-order valence-corrected chi connectivity index (χ3v) is 3.61. The van der Waals surface area contributed by atoms with Gasteiger partial charge in [0.2, 0.25) is 0 Å². The molecular formula is C19H18FNO4. The van der Waals surface area contributed by atoms with Crippen LogP contribution in [0.5, 0.6) is 5.75 Å². The minimum Gasteiger partial charge on any atom is -0.356 e. The molecule has 0 amide bonds. The van der Waals surface area contributed by atoms with Gasteiger partial charge < -0.3 is 14.3 Å². The molecule has 3 rings (SSSR count). The molecule has 5 nitrogen and oxygen atoms in total. The molecule has 2 aromatic carbocycles. The van der Waals surface area contributed by atoms with Crippen LogP contribution in [0.4, 0.5) is 4.39 Å². The van der Waals surface area contributed by atoms with Gasteiger partial charge in [-0.15, -0.1) is 0 Å². The Morgan fingerprint density at radius 3 is 2.48 bits per heavy atom. The van der Waals surface area contributed by atoms with Crippen molar-refractivity contribution in [1.29, 1.82) is 0 Å². The molecule has 1 fully saturated rings. The summed E-state index contributed by atoms with van der Waals surface area (Å²) in [4.78, 5) is 18.4. The summed E-state index contributed by atoms with van der Waals surface area (Å²) >= 11 is 0. The molecule has 1 saturated heterocycles. The highest BCUT2D eigenvalue weighted by atomic mass is 19.1. The highest BCUT2D eigenvalue weighted by Crippen LogP contribution is 2.31. The molecule has 0 aliphatic carbocycles. The number of para-hydroxylation sites is 1. The van der Waals surface area contributed by atoms with Crippen LogP contribution in [0.1, 0.15) is 41.6 Å². The Morgan fingerprint density at radius 1 is 1.08 bits per heavy atom. The predicted octanol–water partition coefficient (Wildman–Crippen LogP) is 3.88. The lowest BCUT2D eigenvalue weighted by atomic mass is 9.97. The van der Waals surface area contributed by atoms with Crippen molar-refractivity contribution < 1.29 is 23.5 Å². The fourth-order valence-electron chi connectivity index (χ4n) is 2.52. The first-order valence-corrected chi connectivity index (χ1v) is 7.91. The van der Waals surface area contributed by atoms with Crippen molar-refractivity contribution in [2.45, 2.75) is 20.1 Å². The van der Waals surface area contributed by atoms with Crippen molar-refractivity contribution >= 4 is 11.5 Å². The molecule has 25 heavy (non-hydrogen) atoms. The summed E-state index contributed by atoms with van der Waals surface area (Å²) in [6.45, 7) is 4.28. The normalized spacial score (nSPS) is 14.4. The molecule has 130 valence electrons. The molecule has 1 aliphatic rings. The predicted molar refractivity (Wildman–Crippen MR) is 90.3 cm³/mol. The van der Waals surface area contributed by atoms with Crippen molar-refractivity contribution in [1.82, 2.24) is 0 Å². The number of oxime groups is 1. The maximum atomic E-state index is 14.4. The topological polar surface area (TPSA) is 57.1 Å². The Kier molecular flexibility index (Phi) is 5.21. The maximum absolute atomic E-state index is 14.4. The minimum absolute atomic E-state index is 0.106. The molecule has 0 bridgehead atoms. The molecule has 0 unspecified atom stereocenters. The summed E-state index contributed by atoms with van der Waals surface area (Å²) < 4.78 is 25.1. The Morgan fingerprint density at radius 2 is 1.76 bits per heavy atom. The number of benzene rings is 2. The van der Waals surface area contributed by atoms with Crippen molar-refractivity contribution in [3.8, 4) is 5.75 Å². The first-order valence-electron chi connectivity index (χ1n) is 7.91. The van der Waals surface area contributed by atoms with Crippen LogP contribution in [0.2, 0.25) is 0 Å². The number of halogens is 1. The number of ether oxygens (including phenoxy) is 2. The zero-order chi connectivity index (χ0) is 17.8. The Bertz CT molecular complexity index is 809. The fraction of sp³-hybridized carbons (Fsp3) is 0.263. The van der Waals surface area contributed by atoms with E-state index in [1.165, 1.54) is 12.1 Å². The summed E-state index contributed by atoms with van der Waals surface area (Å²) in [7, 11) is 0. The second-order valence-corrected chi connectivity index (χ2v) is 5.73. The van der Waals surface area contributed by atoms with Gasteiger partial charge in [0, 0.05) is 5.56 Å². The molecular weight excluding hydrogens is 325 g/mol. The van der Waals surface area contributed by atoms with E-state index in [0.29, 0.717) is 24.7 Å². The average Bonchev–Trinajstić information content (AvgIpc) is 3.13. The lowest BCUT2D eigenvalue weighted by Gasteiger charge is -2.15. The van der Waals surface area contributed by atoms with Gasteiger partial charge in [0.15, 0.2) is 17.8 Å². The van der Waals surface area contributed by atoms with Gasteiger partial charge in [-0.05, 0) is 32.0 Å². The van der Waals surface area contributed by atoms with Crippen LogP contribution in [0, 0.1) is 5.82 Å². The molecule has 0 saturated carbocycles. The van der Waals surface area contributed by atoms with Crippen LogP contribution in [0.15, 0.2) is 47.6 Å². The maximum Gasteiger partial charge on any atom is 0.197 e. The molecule has 0 radical (unpaired) electrons. The number of carbonyl (C=O) groups is 1. The highest BCUT2D eigenvalue weighted by molar-refractivity contribution is 6.11. The lowest BCUT2D eigenvalue weighted by molar-refractivity contribution is -0.0468. The summed E-state index contributed by atoms with van der Waals surface area (Å²) in [5, 5.41) is 3.89. The van der Waals surface area contributed by atoms with Crippen molar-refractivity contribution in [3.63, 3.8) is 0 Å². The number of nitrogens with zero attached hydrogens (tertiary/aromatic N) is 1. The summed E-state index contributed by atoms with van der Waals surface area (Å²) in [6.07, 6.45) is -0.885. The second-order valence-electron chi connectivity index (χ2n) is 5.73. The summed E-state index contributed by atoms with van der Waals surface area (Å²) in [5.41, 5.74) is 1.29. The summed E-state index contributed by atoms with van der Waals surface area (Å²) in [5.74, 6) is -0.621. The average molecular weight is 343 g/mol. The van der Waals surface area contributed by atoms with E-state index >= 15 is 0 Å². The van der Waals surface area contributed by atoms with Crippen LogP contribution in [-0.2, 0) is 9.47 Å². The molecule has 6 heteroatoms. The van der Waals surface area contributed by atoms with Gasteiger partial charge in [-0.3, -0.25) is 4.79 Å². The largest absolute Gasteiger partial charge is 0.356 e. The fourth-order valence-corrected chi connectivity index (χ4v) is 2.52. The zero-order valence-corrected chi connectivity index (χ0v) is 14.0. The molecule has 2 aromatic rings. The third kappa shape index (κ3) is 3.75. The molecule has 0 aromatic heterocycles. The van der Waals surface area contributed by atoms with E-state index < -0.39 is 12.1 Å². The molecule has 0 atom stereocenters. The van der Waals surface area contributed by atoms with E-state index in [1.807, 2.05) is 0 Å². The van der Waals surface area contributed by atoms with E-state index in [2.05, 4.69) is 5.16 Å². The van der Waals surface area contributed by atoms with Crippen LogP contribution in [0.3, 0.4) is 0 Å². The monoisotopic (exact) mass is 343 g/mol. The van der Waals surface area contributed by atoms with Crippen molar-refractivity contribution in [3.05, 3.63) is 65.0 Å². The number of carbonyl (C=O) groups excluding carboxylic acids is 1. The third-order valence-electron chi connectivity index (χ3n) is 3.61. The first kappa shape index (κ1) is 17.3. The standard InChI is InChI=1S/C19H18FNO4/c1-12(2)21-25-16-9-4-3-6-13(16)18(22)14-7-5-8-15(20)17(14)19-23-10-11-24-19/h3-9,19H,10-11H2,1-2H3. The van der Waals surface area contributed by atoms with Crippen LogP contribution in [-0.4, -0.2) is 24.7 Å². The molecule has 1 aliphatic heterocycles. The van der Waals surface area contributed by atoms with Gasteiger partial charge in [-0.25, -0.2) is 4.39 Å². The van der Waals surface area contributed by atoms with Gasteiger partial charge in [0.25, 0.3) is 0 Å². The number of hydrogen-bond acceptors (Lipinski definition) is 5. The van der Waals surface area contributed by atoms with E-state index in [4.69, 9.17) is 14.3 Å². The number of hydrogen-bond donors (Lipinski definition) is 0. The highest BCUT2D eigenvalue weighted by Gasteiger charge is 2.28. The molecule has 0 spiro atoms. The van der Waals surface area contributed by atoms with Crippen LogP contribution < -0.4 is 4.84 Å². The summed E-state index contributed by atoms with van der Waals surface area (Å²) in [6, 6.07) is 11.0. The lowest BCUT2D eigenvalue weighted by Crippen LogP contribution is -2.12. The molecule has 1 heterocycles. The van der Waals surface area contributed by atoms with Crippen molar-refractivity contribution in [2.24, 2.45) is 5.16 Å². The second kappa shape index (κ2) is 7.55. The molecule has 0 N–H and O–H groups in total. The van der Waals surface area contributed by atoms with E-state index in [0.717, 1.165) is 0 Å². The Balaban J connectivity index is 2.02. The van der Waals surface area contributed by atoms with E-state index in [9.17, 15) is 9.18 Å².